The van der Waals surface area contributed by atoms with Gasteiger partial charge in [-0.25, -0.2) is 5.43 Å². The molecular formula is C17H16ClN3O4. The fourth-order valence-corrected chi connectivity index (χ4v) is 2.07. The number of anilines is 1. The van der Waals surface area contributed by atoms with Gasteiger partial charge in [-0.3, -0.25) is 9.59 Å². The maximum absolute atomic E-state index is 11.8. The number of halogens is 1. The summed E-state index contributed by atoms with van der Waals surface area (Å²) in [6.07, 6.45) is 0.829. The third-order valence-electron chi connectivity index (χ3n) is 3.06. The zero-order valence-electron chi connectivity index (χ0n) is 13.3. The Kier molecular flexibility index (Phi) is 6.36. The number of hydrogen-bond acceptors (Lipinski definition) is 5. The predicted molar refractivity (Wildman–Crippen MR) is 95.1 cm³/mol. The van der Waals surface area contributed by atoms with Gasteiger partial charge in [0.1, 0.15) is 17.9 Å². The van der Waals surface area contributed by atoms with E-state index in [1.165, 1.54) is 31.5 Å². The number of phenols is 1. The number of rotatable bonds is 6. The van der Waals surface area contributed by atoms with E-state index in [0.29, 0.717) is 22.0 Å². The summed E-state index contributed by atoms with van der Waals surface area (Å²) in [5.41, 5.74) is 3.07. The monoisotopic (exact) mass is 361 g/mol. The van der Waals surface area contributed by atoms with Crippen LogP contribution in [0.1, 0.15) is 12.0 Å². The second-order valence-electron chi connectivity index (χ2n) is 4.95. The normalized spacial score (nSPS) is 10.5. The van der Waals surface area contributed by atoms with E-state index < -0.39 is 18.2 Å². The van der Waals surface area contributed by atoms with Crippen molar-refractivity contribution in [2.75, 3.05) is 12.4 Å². The minimum Gasteiger partial charge on any atom is -0.507 e. The lowest BCUT2D eigenvalue weighted by molar-refractivity contribution is -0.126. The van der Waals surface area contributed by atoms with Crippen LogP contribution in [0.3, 0.4) is 0 Å². The number of nitrogens with zero attached hydrogens (tertiary/aromatic N) is 1. The SMILES string of the molecule is COc1cccc(NC(=O)CC(=O)NN=Cc2cc(Cl)ccc2O)c1. The molecule has 2 aromatic rings. The van der Waals surface area contributed by atoms with Crippen molar-refractivity contribution in [2.45, 2.75) is 6.42 Å². The van der Waals surface area contributed by atoms with Gasteiger partial charge < -0.3 is 15.2 Å². The third kappa shape index (κ3) is 5.82. The highest BCUT2D eigenvalue weighted by molar-refractivity contribution is 6.30. The first-order valence-corrected chi connectivity index (χ1v) is 7.60. The Labute approximate surface area is 149 Å². The molecule has 0 unspecified atom stereocenters. The summed E-state index contributed by atoms with van der Waals surface area (Å²) in [5, 5.41) is 16.3. The van der Waals surface area contributed by atoms with Crippen LogP contribution in [-0.4, -0.2) is 30.2 Å². The largest absolute Gasteiger partial charge is 0.507 e. The van der Waals surface area contributed by atoms with Crippen molar-refractivity contribution in [3.8, 4) is 11.5 Å². The van der Waals surface area contributed by atoms with E-state index in [4.69, 9.17) is 16.3 Å². The molecule has 0 heterocycles. The summed E-state index contributed by atoms with van der Waals surface area (Å²) in [5.74, 6) is -0.531. The molecule has 0 aliphatic carbocycles. The summed E-state index contributed by atoms with van der Waals surface area (Å²) < 4.78 is 5.05. The molecule has 3 N–H and O–H groups in total. The molecule has 2 amide bonds. The summed E-state index contributed by atoms with van der Waals surface area (Å²) >= 11 is 5.80. The van der Waals surface area contributed by atoms with Crippen LogP contribution in [0.5, 0.6) is 11.5 Å². The standard InChI is InChI=1S/C17H16ClN3O4/c1-25-14-4-2-3-13(8-14)20-16(23)9-17(24)21-19-10-11-7-12(18)5-6-15(11)22/h2-8,10,22H,9H2,1H3,(H,20,23)(H,21,24). The molecule has 0 saturated heterocycles. The van der Waals surface area contributed by atoms with Gasteiger partial charge in [0.05, 0.1) is 13.3 Å². The van der Waals surface area contributed by atoms with Crippen molar-refractivity contribution in [1.82, 2.24) is 5.43 Å². The number of carbonyl (C=O) groups excluding carboxylic acids is 2. The molecule has 0 aliphatic rings. The van der Waals surface area contributed by atoms with E-state index in [-0.39, 0.29) is 5.75 Å². The first-order valence-electron chi connectivity index (χ1n) is 7.22. The average molecular weight is 362 g/mol. The van der Waals surface area contributed by atoms with Gasteiger partial charge in [0, 0.05) is 22.3 Å². The Hall–Kier alpha value is -3.06. The summed E-state index contributed by atoms with van der Waals surface area (Å²) in [4.78, 5) is 23.5. The Morgan fingerprint density at radius 1 is 1.24 bits per heavy atom. The van der Waals surface area contributed by atoms with E-state index in [9.17, 15) is 14.7 Å². The lowest BCUT2D eigenvalue weighted by Gasteiger charge is -2.06. The van der Waals surface area contributed by atoms with E-state index in [1.54, 1.807) is 24.3 Å². The zero-order chi connectivity index (χ0) is 18.2. The highest BCUT2D eigenvalue weighted by Crippen LogP contribution is 2.19. The molecule has 0 spiro atoms. The number of benzene rings is 2. The number of amides is 2. The van der Waals surface area contributed by atoms with Crippen molar-refractivity contribution in [3.05, 3.63) is 53.1 Å². The maximum atomic E-state index is 11.8. The molecule has 130 valence electrons. The first kappa shape index (κ1) is 18.3. The van der Waals surface area contributed by atoms with Crippen LogP contribution in [0.15, 0.2) is 47.6 Å². The molecule has 8 heteroatoms. The van der Waals surface area contributed by atoms with Gasteiger partial charge in [-0.05, 0) is 30.3 Å². The first-order chi connectivity index (χ1) is 12.0. The molecule has 2 rings (SSSR count). The summed E-state index contributed by atoms with van der Waals surface area (Å²) in [6.45, 7) is 0. The van der Waals surface area contributed by atoms with Gasteiger partial charge in [0.2, 0.25) is 11.8 Å². The van der Waals surface area contributed by atoms with E-state index in [1.807, 2.05) is 0 Å². The van der Waals surface area contributed by atoms with Gasteiger partial charge in [0.15, 0.2) is 0 Å². The molecule has 7 nitrogen and oxygen atoms in total. The van der Waals surface area contributed by atoms with Crippen molar-refractivity contribution >= 4 is 35.3 Å². The fraction of sp³-hybridized carbons (Fsp3) is 0.118. The van der Waals surface area contributed by atoms with Gasteiger partial charge in [0.25, 0.3) is 0 Å². The Morgan fingerprint density at radius 3 is 2.80 bits per heavy atom. The summed E-state index contributed by atoms with van der Waals surface area (Å²) in [6, 6.07) is 11.2. The molecule has 0 fully saturated rings. The smallest absolute Gasteiger partial charge is 0.249 e. The van der Waals surface area contributed by atoms with Crippen LogP contribution >= 0.6 is 11.6 Å². The van der Waals surface area contributed by atoms with Crippen LogP contribution in [0.25, 0.3) is 0 Å². The van der Waals surface area contributed by atoms with Gasteiger partial charge >= 0.3 is 0 Å². The molecule has 0 aliphatic heterocycles. The fourth-order valence-electron chi connectivity index (χ4n) is 1.89. The number of phenolic OH excluding ortho intramolecular Hbond substituents is 1. The number of nitrogens with one attached hydrogen (secondary N) is 2. The highest BCUT2D eigenvalue weighted by Gasteiger charge is 2.09. The van der Waals surface area contributed by atoms with Crippen molar-refractivity contribution < 1.29 is 19.4 Å². The average Bonchev–Trinajstić information content (AvgIpc) is 2.58. The number of hydrazone groups is 1. The van der Waals surface area contributed by atoms with Gasteiger partial charge in [-0.2, -0.15) is 5.10 Å². The van der Waals surface area contributed by atoms with E-state index in [0.717, 1.165) is 0 Å². The summed E-state index contributed by atoms with van der Waals surface area (Å²) in [7, 11) is 1.52. The quantitative estimate of drug-likeness (QED) is 0.418. The number of carbonyl (C=O) groups is 2. The second kappa shape index (κ2) is 8.70. The lowest BCUT2D eigenvalue weighted by atomic mass is 10.2. The number of ether oxygens (including phenoxy) is 1. The van der Waals surface area contributed by atoms with Crippen LogP contribution in [0.4, 0.5) is 5.69 Å². The predicted octanol–water partition coefficient (Wildman–Crippen LogP) is 2.53. The maximum Gasteiger partial charge on any atom is 0.249 e. The van der Waals surface area contributed by atoms with Crippen LogP contribution < -0.4 is 15.5 Å². The van der Waals surface area contributed by atoms with Gasteiger partial charge in [-0.15, -0.1) is 0 Å². The Balaban J connectivity index is 1.86. The molecule has 0 bridgehead atoms. The Bertz CT molecular complexity index is 808. The molecule has 0 atom stereocenters. The van der Waals surface area contributed by atoms with Crippen molar-refractivity contribution in [1.29, 1.82) is 0 Å². The third-order valence-corrected chi connectivity index (χ3v) is 3.29. The topological polar surface area (TPSA) is 100 Å². The van der Waals surface area contributed by atoms with Gasteiger partial charge in [-0.1, -0.05) is 17.7 Å². The van der Waals surface area contributed by atoms with Crippen molar-refractivity contribution in [3.63, 3.8) is 0 Å². The number of aromatic hydroxyl groups is 1. The minimum atomic E-state index is -0.599. The Morgan fingerprint density at radius 2 is 2.04 bits per heavy atom. The molecule has 0 saturated carbocycles. The molecular weight excluding hydrogens is 346 g/mol. The second-order valence-corrected chi connectivity index (χ2v) is 5.39. The van der Waals surface area contributed by atoms with E-state index >= 15 is 0 Å². The van der Waals surface area contributed by atoms with Crippen molar-refractivity contribution in [2.24, 2.45) is 5.10 Å². The van der Waals surface area contributed by atoms with E-state index in [2.05, 4.69) is 15.8 Å². The zero-order valence-corrected chi connectivity index (χ0v) is 14.1. The number of hydrogen-bond donors (Lipinski definition) is 3. The molecule has 2 aromatic carbocycles. The minimum absolute atomic E-state index is 0.0295. The lowest BCUT2D eigenvalue weighted by Crippen LogP contribution is -2.24. The molecule has 0 radical (unpaired) electrons. The van der Waals surface area contributed by atoms with Crippen LogP contribution in [-0.2, 0) is 9.59 Å². The molecule has 0 aromatic heterocycles. The number of methoxy groups -OCH3 is 1. The molecule has 25 heavy (non-hydrogen) atoms. The van der Waals surface area contributed by atoms with Crippen LogP contribution in [0, 0.1) is 0 Å². The van der Waals surface area contributed by atoms with Crippen LogP contribution in [0.2, 0.25) is 5.02 Å². The highest BCUT2D eigenvalue weighted by atomic mass is 35.5.